The summed E-state index contributed by atoms with van der Waals surface area (Å²) in [6.45, 7) is 6.10. The number of rotatable bonds is 8. The summed E-state index contributed by atoms with van der Waals surface area (Å²) in [6, 6.07) is -0.171. The topological polar surface area (TPSA) is 80.1 Å². The predicted octanol–water partition coefficient (Wildman–Crippen LogP) is 1.94. The Balaban J connectivity index is 2.97. The van der Waals surface area contributed by atoms with E-state index in [4.69, 9.17) is 0 Å². The standard InChI is InChI=1S/C14H25N5O2S/c1-6-10(3)12-16-13(19(17-12)14(21)18(4)5)22-8-11(7-2)15-9-20/h9-11H,6-8H2,1-5H3,(H,15,20). The molecular formula is C14H25N5O2S. The zero-order valence-electron chi connectivity index (χ0n) is 13.9. The fraction of sp³-hybridized carbons (Fsp3) is 0.714. The van der Waals surface area contributed by atoms with Gasteiger partial charge in [-0.15, -0.1) is 5.10 Å². The van der Waals surface area contributed by atoms with Crippen LogP contribution in [0.1, 0.15) is 45.4 Å². The number of carbonyl (C=O) groups is 2. The first-order chi connectivity index (χ1) is 10.4. The molecule has 0 bridgehead atoms. The zero-order valence-corrected chi connectivity index (χ0v) is 14.7. The van der Waals surface area contributed by atoms with Gasteiger partial charge < -0.3 is 10.2 Å². The maximum absolute atomic E-state index is 12.2. The molecule has 0 aromatic carbocycles. The lowest BCUT2D eigenvalue weighted by atomic mass is 10.1. The third-order valence-corrected chi connectivity index (χ3v) is 4.51. The van der Waals surface area contributed by atoms with E-state index in [9.17, 15) is 9.59 Å². The highest BCUT2D eigenvalue weighted by Crippen LogP contribution is 2.22. The van der Waals surface area contributed by atoms with Crippen molar-refractivity contribution < 1.29 is 9.59 Å². The second kappa shape index (κ2) is 8.77. The van der Waals surface area contributed by atoms with Gasteiger partial charge in [-0.1, -0.05) is 32.5 Å². The van der Waals surface area contributed by atoms with Gasteiger partial charge in [0.15, 0.2) is 11.0 Å². The normalized spacial score (nSPS) is 13.5. The predicted molar refractivity (Wildman–Crippen MR) is 87.2 cm³/mol. The van der Waals surface area contributed by atoms with Gasteiger partial charge in [-0.2, -0.15) is 4.68 Å². The third-order valence-electron chi connectivity index (χ3n) is 3.42. The molecule has 2 atom stereocenters. The van der Waals surface area contributed by atoms with Crippen molar-refractivity contribution in [1.82, 2.24) is 25.0 Å². The van der Waals surface area contributed by atoms with Gasteiger partial charge in [-0.25, -0.2) is 9.78 Å². The average molecular weight is 327 g/mol. The summed E-state index contributed by atoms with van der Waals surface area (Å²) in [5.41, 5.74) is 0. The molecule has 0 spiro atoms. The van der Waals surface area contributed by atoms with Crippen LogP contribution in [0, 0.1) is 0 Å². The highest BCUT2D eigenvalue weighted by Gasteiger charge is 2.21. The van der Waals surface area contributed by atoms with Crippen molar-refractivity contribution in [2.24, 2.45) is 0 Å². The van der Waals surface area contributed by atoms with Crippen LogP contribution in [0.5, 0.6) is 0 Å². The third kappa shape index (κ3) is 4.72. The number of hydrogen-bond acceptors (Lipinski definition) is 5. The van der Waals surface area contributed by atoms with Gasteiger partial charge in [0, 0.05) is 31.8 Å². The van der Waals surface area contributed by atoms with Crippen molar-refractivity contribution in [2.45, 2.75) is 50.7 Å². The Kier molecular flexibility index (Phi) is 7.37. The van der Waals surface area contributed by atoms with Gasteiger partial charge in [0.1, 0.15) is 0 Å². The molecule has 0 saturated heterocycles. The first-order valence-corrected chi connectivity index (χ1v) is 8.44. The average Bonchev–Trinajstić information content (AvgIpc) is 2.93. The lowest BCUT2D eigenvalue weighted by Gasteiger charge is -2.14. The summed E-state index contributed by atoms with van der Waals surface area (Å²) < 4.78 is 1.35. The van der Waals surface area contributed by atoms with Gasteiger partial charge in [0.2, 0.25) is 6.41 Å². The Labute approximate surface area is 135 Å². The van der Waals surface area contributed by atoms with E-state index < -0.39 is 0 Å². The Hall–Kier alpha value is -1.57. The molecule has 8 heteroatoms. The Morgan fingerprint density at radius 3 is 2.59 bits per heavy atom. The first kappa shape index (κ1) is 18.5. The molecule has 0 aliphatic carbocycles. The van der Waals surface area contributed by atoms with Crippen LogP contribution < -0.4 is 5.32 Å². The number of nitrogens with zero attached hydrogens (tertiary/aromatic N) is 4. The van der Waals surface area contributed by atoms with Crippen molar-refractivity contribution in [3.63, 3.8) is 0 Å². The minimum atomic E-state index is -0.221. The molecule has 1 N–H and O–H groups in total. The fourth-order valence-electron chi connectivity index (χ4n) is 1.67. The molecule has 1 rings (SSSR count). The van der Waals surface area contributed by atoms with Crippen molar-refractivity contribution >= 4 is 24.2 Å². The van der Waals surface area contributed by atoms with Crippen LogP contribution >= 0.6 is 11.8 Å². The number of nitrogens with one attached hydrogen (secondary N) is 1. The number of thioether (sulfide) groups is 1. The maximum Gasteiger partial charge on any atom is 0.346 e. The molecule has 22 heavy (non-hydrogen) atoms. The molecule has 0 aliphatic heterocycles. The van der Waals surface area contributed by atoms with Crippen LogP contribution in [0.2, 0.25) is 0 Å². The molecule has 0 aliphatic rings. The van der Waals surface area contributed by atoms with Gasteiger partial charge in [-0.05, 0) is 12.8 Å². The van der Waals surface area contributed by atoms with E-state index in [-0.39, 0.29) is 18.0 Å². The SMILES string of the molecule is CCC(CSc1nc(C(C)CC)nn1C(=O)N(C)C)NC=O. The Bertz CT molecular complexity index is 503. The van der Waals surface area contributed by atoms with E-state index >= 15 is 0 Å². The van der Waals surface area contributed by atoms with Gasteiger partial charge in [0.05, 0.1) is 0 Å². The van der Waals surface area contributed by atoms with E-state index in [1.165, 1.54) is 21.3 Å². The van der Waals surface area contributed by atoms with Crippen LogP contribution in [0.15, 0.2) is 5.16 Å². The minimum Gasteiger partial charge on any atom is -0.355 e. The molecule has 0 saturated carbocycles. The van der Waals surface area contributed by atoms with Crippen molar-refractivity contribution in [1.29, 1.82) is 0 Å². The zero-order chi connectivity index (χ0) is 16.7. The van der Waals surface area contributed by atoms with E-state index in [0.29, 0.717) is 23.1 Å². The number of amides is 2. The number of carbonyl (C=O) groups excluding carboxylic acids is 2. The van der Waals surface area contributed by atoms with Gasteiger partial charge in [0.25, 0.3) is 0 Å². The molecule has 2 unspecified atom stereocenters. The van der Waals surface area contributed by atoms with Crippen molar-refractivity contribution in [3.05, 3.63) is 5.82 Å². The molecule has 1 heterocycles. The Morgan fingerprint density at radius 2 is 2.09 bits per heavy atom. The van der Waals surface area contributed by atoms with E-state index in [2.05, 4.69) is 22.3 Å². The molecule has 1 aromatic heterocycles. The molecule has 0 fully saturated rings. The lowest BCUT2D eigenvalue weighted by Crippen LogP contribution is -2.31. The van der Waals surface area contributed by atoms with Crippen LogP contribution in [0.3, 0.4) is 0 Å². The quantitative estimate of drug-likeness (QED) is 0.583. The summed E-state index contributed by atoms with van der Waals surface area (Å²) in [7, 11) is 3.37. The van der Waals surface area contributed by atoms with Crippen molar-refractivity contribution in [2.75, 3.05) is 19.8 Å². The first-order valence-electron chi connectivity index (χ1n) is 7.45. The molecular weight excluding hydrogens is 302 g/mol. The van der Waals surface area contributed by atoms with E-state index in [1.807, 2.05) is 13.8 Å². The molecule has 0 radical (unpaired) electrons. The smallest absolute Gasteiger partial charge is 0.346 e. The maximum atomic E-state index is 12.2. The minimum absolute atomic E-state index is 0.0501. The van der Waals surface area contributed by atoms with Gasteiger partial charge >= 0.3 is 6.03 Å². The molecule has 2 amide bonds. The summed E-state index contributed by atoms with van der Waals surface area (Å²) in [4.78, 5) is 28.8. The van der Waals surface area contributed by atoms with E-state index in [1.54, 1.807) is 14.1 Å². The van der Waals surface area contributed by atoms with Crippen LogP contribution in [-0.2, 0) is 4.79 Å². The monoisotopic (exact) mass is 327 g/mol. The van der Waals surface area contributed by atoms with Crippen LogP contribution in [0.25, 0.3) is 0 Å². The highest BCUT2D eigenvalue weighted by molar-refractivity contribution is 7.99. The summed E-state index contributed by atoms with van der Waals surface area (Å²) in [5.74, 6) is 1.52. The van der Waals surface area contributed by atoms with Crippen LogP contribution in [0.4, 0.5) is 4.79 Å². The largest absolute Gasteiger partial charge is 0.355 e. The number of aromatic nitrogens is 3. The van der Waals surface area contributed by atoms with E-state index in [0.717, 1.165) is 12.8 Å². The molecule has 7 nitrogen and oxygen atoms in total. The Morgan fingerprint density at radius 1 is 1.41 bits per heavy atom. The number of hydrogen-bond donors (Lipinski definition) is 1. The lowest BCUT2D eigenvalue weighted by molar-refractivity contribution is -0.110. The molecule has 124 valence electrons. The van der Waals surface area contributed by atoms with Gasteiger partial charge in [-0.3, -0.25) is 4.79 Å². The fourth-order valence-corrected chi connectivity index (χ4v) is 2.75. The molecule has 1 aromatic rings. The summed E-state index contributed by atoms with van der Waals surface area (Å²) in [6.07, 6.45) is 2.43. The summed E-state index contributed by atoms with van der Waals surface area (Å²) in [5, 5.41) is 7.69. The van der Waals surface area contributed by atoms with Crippen LogP contribution in [-0.4, -0.2) is 58.0 Å². The van der Waals surface area contributed by atoms with Crippen molar-refractivity contribution in [3.8, 4) is 0 Å². The second-order valence-electron chi connectivity index (χ2n) is 5.35. The second-order valence-corrected chi connectivity index (χ2v) is 6.34. The summed E-state index contributed by atoms with van der Waals surface area (Å²) >= 11 is 1.43. The highest BCUT2D eigenvalue weighted by atomic mass is 32.2.